The number of nitrogens with zero attached hydrogens (tertiary/aromatic N) is 2. The van der Waals surface area contributed by atoms with Gasteiger partial charge < -0.3 is 19.9 Å². The normalized spacial score (nSPS) is 24.5. The first-order valence-corrected chi connectivity index (χ1v) is 10.4. The number of piperidine rings is 1. The van der Waals surface area contributed by atoms with Crippen molar-refractivity contribution >= 4 is 23.0 Å². The molecule has 2 atom stereocenters. The molecule has 2 fully saturated rings. The molecule has 0 spiro atoms. The zero-order valence-corrected chi connectivity index (χ0v) is 17.2. The zero-order chi connectivity index (χ0) is 18.5. The van der Waals surface area contributed by atoms with E-state index in [0.29, 0.717) is 6.04 Å². The molecule has 1 aliphatic carbocycles. The van der Waals surface area contributed by atoms with Gasteiger partial charge in [0, 0.05) is 36.9 Å². The van der Waals surface area contributed by atoms with Crippen LogP contribution in [0.3, 0.4) is 0 Å². The van der Waals surface area contributed by atoms with E-state index in [-0.39, 0.29) is 0 Å². The smallest absolute Gasteiger partial charge is 0.173 e. The second-order valence-electron chi connectivity index (χ2n) is 7.87. The molecule has 26 heavy (non-hydrogen) atoms. The van der Waals surface area contributed by atoms with Crippen molar-refractivity contribution in [3.63, 3.8) is 0 Å². The molecule has 1 aromatic rings. The maximum Gasteiger partial charge on any atom is 0.173 e. The molecule has 0 amide bonds. The van der Waals surface area contributed by atoms with Crippen LogP contribution < -0.4 is 10.1 Å². The lowest BCUT2D eigenvalue weighted by molar-refractivity contribution is 0.0691. The first-order chi connectivity index (χ1) is 12.6. The summed E-state index contributed by atoms with van der Waals surface area (Å²) in [6.45, 7) is 4.50. The molecule has 1 heterocycles. The lowest BCUT2D eigenvalue weighted by Gasteiger charge is -2.44. The Morgan fingerprint density at radius 1 is 1.19 bits per heavy atom. The highest BCUT2D eigenvalue weighted by atomic mass is 32.1. The van der Waals surface area contributed by atoms with Gasteiger partial charge in [-0.2, -0.15) is 0 Å². The first kappa shape index (κ1) is 19.4. The summed E-state index contributed by atoms with van der Waals surface area (Å²) in [5, 5.41) is 4.19. The molecule has 2 aliphatic rings. The molecule has 0 unspecified atom stereocenters. The van der Waals surface area contributed by atoms with E-state index in [9.17, 15) is 0 Å². The van der Waals surface area contributed by atoms with Crippen LogP contribution >= 0.6 is 12.2 Å². The van der Waals surface area contributed by atoms with Crippen molar-refractivity contribution in [3.8, 4) is 5.75 Å². The van der Waals surface area contributed by atoms with E-state index in [0.717, 1.165) is 41.6 Å². The summed E-state index contributed by atoms with van der Waals surface area (Å²) >= 11 is 5.64. The largest absolute Gasteiger partial charge is 0.497 e. The number of benzene rings is 1. The third kappa shape index (κ3) is 4.68. The number of methoxy groups -OCH3 is 1. The lowest BCUT2D eigenvalue weighted by atomic mass is 9.84. The molecule has 5 heteroatoms. The summed E-state index contributed by atoms with van der Waals surface area (Å²) in [6, 6.07) is 9.40. The fourth-order valence-corrected chi connectivity index (χ4v) is 4.85. The minimum Gasteiger partial charge on any atom is -0.497 e. The summed E-state index contributed by atoms with van der Waals surface area (Å²) in [5.41, 5.74) is 0.990. The van der Waals surface area contributed by atoms with E-state index in [1.165, 1.54) is 38.5 Å². The molecule has 1 N–H and O–H groups in total. The number of hydrogen-bond acceptors (Lipinski definition) is 3. The number of thiocarbonyl (C=S) groups is 1. The Bertz CT molecular complexity index is 601. The summed E-state index contributed by atoms with van der Waals surface area (Å²) in [6.07, 6.45) is 7.95. The Morgan fingerprint density at radius 2 is 1.92 bits per heavy atom. The van der Waals surface area contributed by atoms with Gasteiger partial charge in [0.15, 0.2) is 5.11 Å². The monoisotopic (exact) mass is 375 g/mol. The van der Waals surface area contributed by atoms with Gasteiger partial charge in [0.05, 0.1) is 7.11 Å². The van der Waals surface area contributed by atoms with Gasteiger partial charge in [-0.05, 0) is 63.0 Å². The van der Waals surface area contributed by atoms with Crippen molar-refractivity contribution < 1.29 is 4.74 Å². The molecule has 1 aliphatic heterocycles. The molecule has 4 nitrogen and oxygen atoms in total. The molecular weight excluding hydrogens is 342 g/mol. The van der Waals surface area contributed by atoms with Crippen LogP contribution in [-0.4, -0.2) is 54.2 Å². The number of nitrogens with one attached hydrogen (secondary N) is 1. The van der Waals surface area contributed by atoms with Crippen LogP contribution in [0.25, 0.3) is 0 Å². The van der Waals surface area contributed by atoms with Crippen LogP contribution in [0.2, 0.25) is 0 Å². The Balaban J connectivity index is 1.50. The van der Waals surface area contributed by atoms with Gasteiger partial charge in [-0.3, -0.25) is 0 Å². The van der Waals surface area contributed by atoms with Gasteiger partial charge in [0.1, 0.15) is 5.75 Å². The van der Waals surface area contributed by atoms with Crippen molar-refractivity contribution in [1.29, 1.82) is 0 Å². The van der Waals surface area contributed by atoms with Crippen LogP contribution in [-0.2, 0) is 0 Å². The van der Waals surface area contributed by atoms with Crippen LogP contribution in [0.4, 0.5) is 5.69 Å². The Labute approximate surface area is 163 Å². The van der Waals surface area contributed by atoms with Crippen LogP contribution in [0, 0.1) is 5.92 Å². The minimum atomic E-state index is 0.691. The van der Waals surface area contributed by atoms with Crippen molar-refractivity contribution in [3.05, 3.63) is 24.3 Å². The highest BCUT2D eigenvalue weighted by Crippen LogP contribution is 2.30. The fraction of sp³-hybridized carbons (Fsp3) is 0.667. The quantitative estimate of drug-likeness (QED) is 0.789. The van der Waals surface area contributed by atoms with Gasteiger partial charge in [-0.25, -0.2) is 0 Å². The third-order valence-corrected chi connectivity index (χ3v) is 6.60. The van der Waals surface area contributed by atoms with Crippen molar-refractivity contribution in [2.45, 2.75) is 57.5 Å². The van der Waals surface area contributed by atoms with E-state index in [1.54, 1.807) is 7.11 Å². The molecule has 1 aromatic carbocycles. The van der Waals surface area contributed by atoms with Crippen molar-refractivity contribution in [2.24, 2.45) is 5.92 Å². The Kier molecular flexibility index (Phi) is 6.76. The van der Waals surface area contributed by atoms with E-state index in [4.69, 9.17) is 17.0 Å². The van der Waals surface area contributed by atoms with Crippen LogP contribution in [0.5, 0.6) is 5.75 Å². The average molecular weight is 376 g/mol. The van der Waals surface area contributed by atoms with E-state index in [2.05, 4.69) is 29.1 Å². The topological polar surface area (TPSA) is 27.7 Å². The molecule has 1 saturated heterocycles. The molecule has 1 saturated carbocycles. The van der Waals surface area contributed by atoms with Crippen molar-refractivity contribution in [1.82, 2.24) is 9.80 Å². The van der Waals surface area contributed by atoms with E-state index < -0.39 is 0 Å². The predicted molar refractivity (Wildman–Crippen MR) is 113 cm³/mol. The van der Waals surface area contributed by atoms with E-state index in [1.807, 2.05) is 24.3 Å². The second-order valence-corrected chi connectivity index (χ2v) is 8.26. The Hall–Kier alpha value is -1.33. The summed E-state index contributed by atoms with van der Waals surface area (Å²) < 4.78 is 5.29. The maximum atomic E-state index is 5.64. The lowest BCUT2D eigenvalue weighted by Crippen LogP contribution is -2.51. The molecular formula is C21H33N3OS. The van der Waals surface area contributed by atoms with Crippen molar-refractivity contribution in [2.75, 3.05) is 32.6 Å². The molecule has 0 radical (unpaired) electrons. The van der Waals surface area contributed by atoms with Gasteiger partial charge in [0.2, 0.25) is 0 Å². The maximum absolute atomic E-state index is 5.64. The second kappa shape index (κ2) is 9.05. The standard InChI is InChI=1S/C21H33N3OS/c1-16-7-4-5-10-20(16)23(2)18-11-13-24(14-12-18)21(26)22-17-8-6-9-19(15-17)25-3/h6,8-9,15-16,18,20H,4-5,7,10-14H2,1-3H3,(H,22,26)/t16-,20+/m0/s1. The average Bonchev–Trinajstić information content (AvgIpc) is 2.68. The van der Waals surface area contributed by atoms with Gasteiger partial charge >= 0.3 is 0 Å². The zero-order valence-electron chi connectivity index (χ0n) is 16.4. The van der Waals surface area contributed by atoms with Gasteiger partial charge in [0.25, 0.3) is 0 Å². The SMILES string of the molecule is COc1cccc(NC(=S)N2CCC(N(C)[C@@H]3CCCC[C@@H]3C)CC2)c1. The predicted octanol–water partition coefficient (Wildman–Crippen LogP) is 4.37. The number of rotatable bonds is 4. The summed E-state index contributed by atoms with van der Waals surface area (Å²) in [7, 11) is 4.03. The highest BCUT2D eigenvalue weighted by molar-refractivity contribution is 7.80. The molecule has 0 bridgehead atoms. The van der Waals surface area contributed by atoms with Gasteiger partial charge in [-0.15, -0.1) is 0 Å². The number of ether oxygens (including phenoxy) is 1. The molecule has 3 rings (SSSR count). The number of anilines is 1. The fourth-order valence-electron chi connectivity index (χ4n) is 4.55. The summed E-state index contributed by atoms with van der Waals surface area (Å²) in [4.78, 5) is 4.99. The minimum absolute atomic E-state index is 0.691. The number of likely N-dealkylation sites (tertiary alicyclic amines) is 1. The highest BCUT2D eigenvalue weighted by Gasteiger charge is 2.31. The third-order valence-electron chi connectivity index (χ3n) is 6.24. The van der Waals surface area contributed by atoms with Crippen LogP contribution in [0.1, 0.15) is 45.4 Å². The number of hydrogen-bond donors (Lipinski definition) is 1. The molecule has 144 valence electrons. The Morgan fingerprint density at radius 3 is 2.62 bits per heavy atom. The summed E-state index contributed by atoms with van der Waals surface area (Å²) in [5.74, 6) is 1.68. The first-order valence-electron chi connectivity index (χ1n) is 10.0. The van der Waals surface area contributed by atoms with Crippen LogP contribution in [0.15, 0.2) is 24.3 Å². The van der Waals surface area contributed by atoms with Gasteiger partial charge in [-0.1, -0.05) is 25.8 Å². The van der Waals surface area contributed by atoms with E-state index >= 15 is 0 Å². The molecule has 0 aromatic heterocycles.